The topological polar surface area (TPSA) is 29.5 Å². The first kappa shape index (κ1) is 14.8. The second-order valence-corrected chi connectivity index (χ2v) is 4.26. The molecule has 0 aliphatic rings. The smallest absolute Gasteiger partial charge is 0.389 e. The first-order valence-corrected chi connectivity index (χ1v) is 5.83. The largest absolute Gasteiger partial charge is 0.494 e. The maximum absolute atomic E-state index is 11.9. The van der Waals surface area contributed by atoms with E-state index in [0.29, 0.717) is 12.2 Å². The zero-order valence-electron chi connectivity index (χ0n) is 10.2. The van der Waals surface area contributed by atoms with E-state index >= 15 is 0 Å². The third-order valence-electron chi connectivity index (χ3n) is 2.33. The Morgan fingerprint density at radius 3 is 2.33 bits per heavy atom. The summed E-state index contributed by atoms with van der Waals surface area (Å²) in [5.41, 5.74) is 0.965. The molecule has 102 valence electrons. The molecule has 0 radical (unpaired) electrons. The van der Waals surface area contributed by atoms with Crippen LogP contribution >= 0.6 is 0 Å². The summed E-state index contributed by atoms with van der Waals surface area (Å²) in [4.78, 5) is 0. The van der Waals surface area contributed by atoms with Crippen molar-refractivity contribution in [2.24, 2.45) is 0 Å². The fraction of sp³-hybridized carbons (Fsp3) is 0.538. The molecule has 1 atom stereocenters. The van der Waals surface area contributed by atoms with Crippen LogP contribution in [0.25, 0.3) is 0 Å². The van der Waals surface area contributed by atoms with Crippen LogP contribution in [0, 0.1) is 0 Å². The summed E-state index contributed by atoms with van der Waals surface area (Å²) in [6, 6.07) is 6.99. The van der Waals surface area contributed by atoms with Gasteiger partial charge in [0.15, 0.2) is 0 Å². The van der Waals surface area contributed by atoms with Gasteiger partial charge < -0.3 is 9.84 Å². The first-order valence-electron chi connectivity index (χ1n) is 5.83. The van der Waals surface area contributed by atoms with Gasteiger partial charge in [-0.2, -0.15) is 13.2 Å². The summed E-state index contributed by atoms with van der Waals surface area (Å²) in [6.45, 7) is 1.75. The van der Waals surface area contributed by atoms with Crippen LogP contribution in [-0.4, -0.2) is 24.0 Å². The van der Waals surface area contributed by atoms with E-state index in [-0.39, 0.29) is 13.0 Å². The highest BCUT2D eigenvalue weighted by molar-refractivity contribution is 5.27. The second-order valence-electron chi connectivity index (χ2n) is 4.26. The van der Waals surface area contributed by atoms with Crippen molar-refractivity contribution >= 4 is 0 Å². The van der Waals surface area contributed by atoms with Gasteiger partial charge in [-0.15, -0.1) is 0 Å². The van der Waals surface area contributed by atoms with Crippen LogP contribution in [0.5, 0.6) is 5.75 Å². The Bertz CT molecular complexity index is 344. The van der Waals surface area contributed by atoms with Gasteiger partial charge in [0, 0.05) is 6.42 Å². The molecule has 0 bridgehead atoms. The Hall–Kier alpha value is -1.23. The van der Waals surface area contributed by atoms with Crippen molar-refractivity contribution in [3.63, 3.8) is 0 Å². The van der Waals surface area contributed by atoms with Crippen molar-refractivity contribution in [1.29, 1.82) is 0 Å². The Labute approximate surface area is 104 Å². The standard InChI is InChI=1S/C13H17F3O2/c1-10(17)9-11-3-5-12(6-4-11)18-8-2-7-13(14,15)16/h3-6,10,17H,2,7-9H2,1H3. The molecule has 1 rings (SSSR count). The molecule has 0 aliphatic carbocycles. The molecule has 0 saturated carbocycles. The molecule has 0 saturated heterocycles. The van der Waals surface area contributed by atoms with Crippen molar-refractivity contribution in [1.82, 2.24) is 0 Å². The molecule has 2 nitrogen and oxygen atoms in total. The predicted octanol–water partition coefficient (Wildman–Crippen LogP) is 3.33. The Kier molecular flexibility index (Phi) is 5.47. The van der Waals surface area contributed by atoms with E-state index < -0.39 is 18.7 Å². The molecule has 1 aromatic carbocycles. The van der Waals surface area contributed by atoms with Crippen molar-refractivity contribution < 1.29 is 23.0 Å². The molecule has 0 fully saturated rings. The van der Waals surface area contributed by atoms with Crippen LogP contribution < -0.4 is 4.74 Å². The Morgan fingerprint density at radius 1 is 1.22 bits per heavy atom. The fourth-order valence-corrected chi connectivity index (χ4v) is 1.53. The summed E-state index contributed by atoms with van der Waals surface area (Å²) in [7, 11) is 0. The number of hydrogen-bond donors (Lipinski definition) is 1. The number of hydrogen-bond acceptors (Lipinski definition) is 2. The van der Waals surface area contributed by atoms with E-state index in [1.165, 1.54) is 0 Å². The van der Waals surface area contributed by atoms with Crippen LogP contribution in [0.1, 0.15) is 25.3 Å². The summed E-state index contributed by atoms with van der Waals surface area (Å²) in [5.74, 6) is 0.548. The molecular formula is C13H17F3O2. The molecule has 18 heavy (non-hydrogen) atoms. The summed E-state index contributed by atoms with van der Waals surface area (Å²) in [5, 5.41) is 9.19. The lowest BCUT2D eigenvalue weighted by molar-refractivity contribution is -0.136. The van der Waals surface area contributed by atoms with Gasteiger partial charge in [0.2, 0.25) is 0 Å². The zero-order chi connectivity index (χ0) is 13.6. The zero-order valence-corrected chi connectivity index (χ0v) is 10.2. The van der Waals surface area contributed by atoms with E-state index in [1.54, 1.807) is 31.2 Å². The maximum Gasteiger partial charge on any atom is 0.389 e. The van der Waals surface area contributed by atoms with E-state index in [1.807, 2.05) is 0 Å². The van der Waals surface area contributed by atoms with Crippen LogP contribution in [0.2, 0.25) is 0 Å². The van der Waals surface area contributed by atoms with Gasteiger partial charge in [0.1, 0.15) is 5.75 Å². The molecule has 5 heteroatoms. The van der Waals surface area contributed by atoms with Crippen LogP contribution in [0.3, 0.4) is 0 Å². The molecule has 0 heterocycles. The average molecular weight is 262 g/mol. The number of alkyl halides is 3. The average Bonchev–Trinajstić information content (AvgIpc) is 2.24. The molecular weight excluding hydrogens is 245 g/mol. The van der Waals surface area contributed by atoms with E-state index in [4.69, 9.17) is 4.74 Å². The summed E-state index contributed by atoms with van der Waals surface area (Å²) < 4.78 is 40.8. The van der Waals surface area contributed by atoms with Gasteiger partial charge in [0.05, 0.1) is 12.7 Å². The number of benzene rings is 1. The van der Waals surface area contributed by atoms with Gasteiger partial charge in [-0.3, -0.25) is 0 Å². The minimum atomic E-state index is -4.12. The molecule has 0 aliphatic heterocycles. The SMILES string of the molecule is CC(O)Cc1ccc(OCCCC(F)(F)F)cc1. The molecule has 0 amide bonds. The lowest BCUT2D eigenvalue weighted by Gasteiger charge is -2.09. The molecule has 1 aromatic rings. The van der Waals surface area contributed by atoms with Gasteiger partial charge in [0.25, 0.3) is 0 Å². The molecule has 1 N–H and O–H groups in total. The number of ether oxygens (including phenoxy) is 1. The van der Waals surface area contributed by atoms with Crippen LogP contribution in [-0.2, 0) is 6.42 Å². The van der Waals surface area contributed by atoms with E-state index in [0.717, 1.165) is 5.56 Å². The number of aliphatic hydroxyl groups is 1. The summed E-state index contributed by atoms with van der Waals surface area (Å²) in [6.07, 6.45) is -4.85. The van der Waals surface area contributed by atoms with Gasteiger partial charge in [-0.25, -0.2) is 0 Å². The maximum atomic E-state index is 11.9. The predicted molar refractivity (Wildman–Crippen MR) is 62.6 cm³/mol. The van der Waals surface area contributed by atoms with Gasteiger partial charge in [-0.1, -0.05) is 12.1 Å². The lowest BCUT2D eigenvalue weighted by atomic mass is 10.1. The highest BCUT2D eigenvalue weighted by Gasteiger charge is 2.26. The number of aliphatic hydroxyl groups excluding tert-OH is 1. The Balaban J connectivity index is 2.31. The molecule has 0 aromatic heterocycles. The van der Waals surface area contributed by atoms with Crippen LogP contribution in [0.15, 0.2) is 24.3 Å². The quantitative estimate of drug-likeness (QED) is 0.797. The Morgan fingerprint density at radius 2 is 1.83 bits per heavy atom. The van der Waals surface area contributed by atoms with Crippen molar-refractivity contribution in [2.45, 2.75) is 38.5 Å². The highest BCUT2D eigenvalue weighted by atomic mass is 19.4. The molecule has 1 unspecified atom stereocenters. The monoisotopic (exact) mass is 262 g/mol. The second kappa shape index (κ2) is 6.64. The minimum Gasteiger partial charge on any atom is -0.494 e. The minimum absolute atomic E-state index is 0.0427. The first-order chi connectivity index (χ1) is 8.37. The van der Waals surface area contributed by atoms with Crippen LogP contribution in [0.4, 0.5) is 13.2 Å². The number of rotatable bonds is 6. The lowest BCUT2D eigenvalue weighted by Crippen LogP contribution is -2.09. The van der Waals surface area contributed by atoms with Gasteiger partial charge >= 0.3 is 6.18 Å². The molecule has 0 spiro atoms. The van der Waals surface area contributed by atoms with Crippen molar-refractivity contribution in [3.05, 3.63) is 29.8 Å². The van der Waals surface area contributed by atoms with Gasteiger partial charge in [-0.05, 0) is 37.5 Å². The van der Waals surface area contributed by atoms with E-state index in [2.05, 4.69) is 0 Å². The van der Waals surface area contributed by atoms with E-state index in [9.17, 15) is 18.3 Å². The number of halogens is 3. The van der Waals surface area contributed by atoms with Crippen molar-refractivity contribution in [2.75, 3.05) is 6.61 Å². The highest BCUT2D eigenvalue weighted by Crippen LogP contribution is 2.21. The third kappa shape index (κ3) is 6.49. The third-order valence-corrected chi connectivity index (χ3v) is 2.33. The fourth-order valence-electron chi connectivity index (χ4n) is 1.53. The summed E-state index contributed by atoms with van der Waals surface area (Å²) >= 11 is 0. The van der Waals surface area contributed by atoms with Crippen molar-refractivity contribution in [3.8, 4) is 5.75 Å². The normalized spacial score (nSPS) is 13.4.